The summed E-state index contributed by atoms with van der Waals surface area (Å²) in [6, 6.07) is 5.33. The minimum absolute atomic E-state index is 0.0959. The zero-order chi connectivity index (χ0) is 14.0. The molecule has 0 spiro atoms. The van der Waals surface area contributed by atoms with Crippen LogP contribution in [0.5, 0.6) is 0 Å². The van der Waals surface area contributed by atoms with Gasteiger partial charge < -0.3 is 9.73 Å². The minimum atomic E-state index is -0.502. The topological polar surface area (TPSA) is 78.3 Å². The number of hydrogen-bond acceptors (Lipinski definition) is 4. The Hall–Kier alpha value is -2.08. The Bertz CT molecular complexity index is 642. The van der Waals surface area contributed by atoms with Gasteiger partial charge in [0.15, 0.2) is 5.58 Å². The van der Waals surface area contributed by atoms with E-state index < -0.39 is 5.76 Å². The molecule has 6 nitrogen and oxygen atoms in total. The molecule has 1 heterocycles. The van der Waals surface area contributed by atoms with Crippen molar-refractivity contribution in [3.63, 3.8) is 0 Å². The van der Waals surface area contributed by atoms with E-state index in [-0.39, 0.29) is 5.91 Å². The smallest absolute Gasteiger partial charge is 0.408 e. The highest BCUT2D eigenvalue weighted by Crippen LogP contribution is 2.16. The van der Waals surface area contributed by atoms with E-state index in [0.29, 0.717) is 29.4 Å². The highest BCUT2D eigenvalue weighted by molar-refractivity contribution is 5.94. The maximum Gasteiger partial charge on any atom is 0.417 e. The summed E-state index contributed by atoms with van der Waals surface area (Å²) in [5, 5.41) is 2.78. The van der Waals surface area contributed by atoms with Crippen LogP contribution in [0.15, 0.2) is 27.4 Å². The zero-order valence-electron chi connectivity index (χ0n) is 11.2. The van der Waals surface area contributed by atoms with Crippen LogP contribution in [0.2, 0.25) is 0 Å². The number of rotatable bonds is 4. The number of likely N-dealkylation sites (N-methyl/N-ethyl adjacent to an activating group) is 1. The molecular formula is C13H17N3O3. The molecule has 2 rings (SSSR count). The molecule has 1 aromatic heterocycles. The van der Waals surface area contributed by atoms with Crippen molar-refractivity contribution in [1.29, 1.82) is 0 Å². The lowest BCUT2D eigenvalue weighted by molar-refractivity contribution is -0.117. The number of anilines is 1. The van der Waals surface area contributed by atoms with Crippen molar-refractivity contribution in [2.45, 2.75) is 19.9 Å². The fourth-order valence-electron chi connectivity index (χ4n) is 1.64. The Morgan fingerprint density at radius 2 is 2.21 bits per heavy atom. The summed E-state index contributed by atoms with van der Waals surface area (Å²) in [5.74, 6) is -0.598. The summed E-state index contributed by atoms with van der Waals surface area (Å²) in [4.78, 5) is 27.3. The van der Waals surface area contributed by atoms with Crippen LogP contribution in [0, 0.1) is 0 Å². The summed E-state index contributed by atoms with van der Waals surface area (Å²) in [6.45, 7) is 4.36. The van der Waals surface area contributed by atoms with Crippen molar-refractivity contribution < 1.29 is 9.21 Å². The average Bonchev–Trinajstić information content (AvgIpc) is 2.68. The summed E-state index contributed by atoms with van der Waals surface area (Å²) in [5.41, 5.74) is 1.68. The first-order valence-corrected chi connectivity index (χ1v) is 6.08. The first-order valence-electron chi connectivity index (χ1n) is 6.08. The van der Waals surface area contributed by atoms with Gasteiger partial charge in [-0.3, -0.25) is 14.7 Å². The van der Waals surface area contributed by atoms with Crippen LogP contribution >= 0.6 is 0 Å². The largest absolute Gasteiger partial charge is 0.417 e. The Labute approximate surface area is 110 Å². The Morgan fingerprint density at radius 3 is 2.89 bits per heavy atom. The number of fused-ring (bicyclic) bond motifs is 1. The monoisotopic (exact) mass is 263 g/mol. The predicted molar refractivity (Wildman–Crippen MR) is 73.2 cm³/mol. The molecule has 2 N–H and O–H groups in total. The molecule has 0 bridgehead atoms. The van der Waals surface area contributed by atoms with Gasteiger partial charge >= 0.3 is 5.76 Å². The van der Waals surface area contributed by atoms with Gasteiger partial charge in [0.05, 0.1) is 12.1 Å². The van der Waals surface area contributed by atoms with Gasteiger partial charge in [-0.05, 0) is 39.1 Å². The number of nitrogens with one attached hydrogen (secondary N) is 2. The number of H-pyrrole nitrogens is 1. The Kier molecular flexibility index (Phi) is 3.71. The van der Waals surface area contributed by atoms with Crippen LogP contribution in [0.25, 0.3) is 11.1 Å². The number of oxazole rings is 1. The van der Waals surface area contributed by atoms with Crippen LogP contribution in [0.4, 0.5) is 5.69 Å². The summed E-state index contributed by atoms with van der Waals surface area (Å²) in [6.07, 6.45) is 0. The van der Waals surface area contributed by atoms with E-state index in [1.807, 2.05) is 25.8 Å². The standard InChI is InChI=1S/C13H17N3O3/c1-8(2)16(3)7-12(17)14-9-4-5-11-10(6-9)15-13(18)19-11/h4-6,8H,7H2,1-3H3,(H,14,17)(H,15,18). The highest BCUT2D eigenvalue weighted by Gasteiger charge is 2.10. The van der Waals surface area contributed by atoms with Crippen LogP contribution < -0.4 is 11.1 Å². The third-order valence-corrected chi connectivity index (χ3v) is 2.98. The van der Waals surface area contributed by atoms with Crippen molar-refractivity contribution in [2.24, 2.45) is 0 Å². The van der Waals surface area contributed by atoms with Crippen molar-refractivity contribution in [3.8, 4) is 0 Å². The highest BCUT2D eigenvalue weighted by atomic mass is 16.4. The van der Waals surface area contributed by atoms with Crippen molar-refractivity contribution >= 4 is 22.7 Å². The maximum atomic E-state index is 11.8. The summed E-state index contributed by atoms with van der Waals surface area (Å²) < 4.78 is 4.89. The second kappa shape index (κ2) is 5.27. The fraction of sp³-hybridized carbons (Fsp3) is 0.385. The van der Waals surface area contributed by atoms with Gasteiger partial charge in [0.2, 0.25) is 5.91 Å². The van der Waals surface area contributed by atoms with Gasteiger partial charge in [-0.25, -0.2) is 4.79 Å². The Morgan fingerprint density at radius 1 is 1.47 bits per heavy atom. The van der Waals surface area contributed by atoms with Gasteiger partial charge in [-0.15, -0.1) is 0 Å². The third kappa shape index (κ3) is 3.23. The van der Waals surface area contributed by atoms with Crippen LogP contribution in [0.1, 0.15) is 13.8 Å². The molecule has 102 valence electrons. The van der Waals surface area contributed by atoms with Crippen LogP contribution in [0.3, 0.4) is 0 Å². The molecule has 1 amide bonds. The number of aromatic nitrogens is 1. The quantitative estimate of drug-likeness (QED) is 0.874. The van der Waals surface area contributed by atoms with Gasteiger partial charge in [-0.2, -0.15) is 0 Å². The normalized spacial score (nSPS) is 11.4. The number of hydrogen-bond donors (Lipinski definition) is 2. The second-order valence-corrected chi connectivity index (χ2v) is 4.78. The van der Waals surface area contributed by atoms with Gasteiger partial charge in [0.1, 0.15) is 0 Å². The van der Waals surface area contributed by atoms with E-state index >= 15 is 0 Å². The van der Waals surface area contributed by atoms with E-state index in [2.05, 4.69) is 10.3 Å². The molecular weight excluding hydrogens is 246 g/mol. The SMILES string of the molecule is CC(C)N(C)CC(=O)Nc1ccc2oc(=O)[nH]c2c1. The number of carbonyl (C=O) groups excluding carboxylic acids is 1. The number of nitrogens with zero attached hydrogens (tertiary/aromatic N) is 1. The van der Waals surface area contributed by atoms with E-state index in [1.54, 1.807) is 18.2 Å². The number of aromatic amines is 1. The van der Waals surface area contributed by atoms with Crippen LogP contribution in [-0.2, 0) is 4.79 Å². The van der Waals surface area contributed by atoms with E-state index in [4.69, 9.17) is 4.42 Å². The number of amides is 1. The minimum Gasteiger partial charge on any atom is -0.408 e. The molecule has 6 heteroatoms. The molecule has 2 aromatic rings. The molecule has 0 fully saturated rings. The second-order valence-electron chi connectivity index (χ2n) is 4.78. The van der Waals surface area contributed by atoms with Gasteiger partial charge in [-0.1, -0.05) is 0 Å². The number of benzene rings is 1. The van der Waals surface area contributed by atoms with E-state index in [9.17, 15) is 9.59 Å². The van der Waals surface area contributed by atoms with Gasteiger partial charge in [0, 0.05) is 11.7 Å². The van der Waals surface area contributed by atoms with Crippen molar-refractivity contribution in [2.75, 3.05) is 18.9 Å². The Balaban J connectivity index is 2.08. The molecule has 1 aromatic carbocycles. The summed E-state index contributed by atoms with van der Waals surface area (Å²) >= 11 is 0. The first-order chi connectivity index (χ1) is 8.95. The van der Waals surface area contributed by atoms with Crippen molar-refractivity contribution in [3.05, 3.63) is 28.7 Å². The molecule has 0 atom stereocenters. The fourth-order valence-corrected chi connectivity index (χ4v) is 1.64. The molecule has 0 radical (unpaired) electrons. The lowest BCUT2D eigenvalue weighted by Crippen LogP contribution is -2.34. The average molecular weight is 263 g/mol. The lowest BCUT2D eigenvalue weighted by atomic mass is 10.3. The lowest BCUT2D eigenvalue weighted by Gasteiger charge is -2.20. The molecule has 0 saturated heterocycles. The molecule has 0 aliphatic carbocycles. The van der Waals surface area contributed by atoms with E-state index in [0.717, 1.165) is 0 Å². The third-order valence-electron chi connectivity index (χ3n) is 2.98. The summed E-state index contributed by atoms with van der Waals surface area (Å²) in [7, 11) is 1.89. The first kappa shape index (κ1) is 13.4. The maximum absolute atomic E-state index is 11.8. The van der Waals surface area contributed by atoms with Gasteiger partial charge in [0.25, 0.3) is 0 Å². The molecule has 0 saturated carbocycles. The van der Waals surface area contributed by atoms with E-state index in [1.165, 1.54) is 0 Å². The zero-order valence-corrected chi connectivity index (χ0v) is 11.2. The number of carbonyl (C=O) groups is 1. The van der Waals surface area contributed by atoms with Crippen LogP contribution in [-0.4, -0.2) is 35.4 Å². The molecule has 19 heavy (non-hydrogen) atoms. The molecule has 0 unspecified atom stereocenters. The predicted octanol–water partition coefficient (Wildman–Crippen LogP) is 1.40. The van der Waals surface area contributed by atoms with Crippen molar-refractivity contribution in [1.82, 2.24) is 9.88 Å². The molecule has 0 aliphatic heterocycles. The molecule has 0 aliphatic rings.